The van der Waals surface area contributed by atoms with Gasteiger partial charge in [0.15, 0.2) is 5.75 Å². The zero-order valence-corrected chi connectivity index (χ0v) is 8.94. The summed E-state index contributed by atoms with van der Waals surface area (Å²) in [7, 11) is 1.01. The lowest BCUT2D eigenvalue weighted by atomic mass is 10.3. The van der Waals surface area contributed by atoms with E-state index in [4.69, 9.17) is 11.6 Å². The number of alkyl halides is 5. The first-order valence-corrected chi connectivity index (χ1v) is 4.40. The average Bonchev–Trinajstić information content (AvgIpc) is 2.14. The molecule has 0 saturated carbocycles. The number of nitrogens with zero attached hydrogens (tertiary/aromatic N) is 1. The summed E-state index contributed by atoms with van der Waals surface area (Å²) in [5.74, 6) is -1.71. The predicted molar refractivity (Wildman–Crippen MR) is 47.4 cm³/mol. The van der Waals surface area contributed by atoms with E-state index >= 15 is 0 Å². The largest absolute Gasteiger partial charge is 0.574 e. The highest BCUT2D eigenvalue weighted by atomic mass is 35.5. The molecule has 0 spiro atoms. The zero-order valence-electron chi connectivity index (χ0n) is 8.19. The van der Waals surface area contributed by atoms with Crippen molar-refractivity contribution in [1.29, 1.82) is 0 Å². The molecule has 0 fully saturated rings. The Bertz CT molecular complexity index is 410. The van der Waals surface area contributed by atoms with E-state index in [1.54, 1.807) is 0 Å². The maximum atomic E-state index is 12.3. The van der Waals surface area contributed by atoms with Gasteiger partial charge in [0, 0.05) is 0 Å². The summed E-state index contributed by atoms with van der Waals surface area (Å²) in [6, 6.07) is 0.703. The van der Waals surface area contributed by atoms with Gasteiger partial charge in [0.1, 0.15) is 5.69 Å². The first kappa shape index (κ1) is 13.8. The van der Waals surface area contributed by atoms with E-state index in [1.165, 1.54) is 0 Å². The van der Waals surface area contributed by atoms with Gasteiger partial charge in [-0.1, -0.05) is 11.6 Å². The topological polar surface area (TPSA) is 31.4 Å². The van der Waals surface area contributed by atoms with Crippen molar-refractivity contribution < 1.29 is 31.4 Å². The van der Waals surface area contributed by atoms with Crippen LogP contribution in [0.5, 0.6) is 11.6 Å². The van der Waals surface area contributed by atoms with Crippen LogP contribution in [0.1, 0.15) is 12.1 Å². The Morgan fingerprint density at radius 1 is 1.35 bits per heavy atom. The van der Waals surface area contributed by atoms with E-state index in [2.05, 4.69) is 14.5 Å². The second-order valence-corrected chi connectivity index (χ2v) is 3.12. The minimum Gasteiger partial charge on any atom is -0.490 e. The van der Waals surface area contributed by atoms with Crippen LogP contribution < -0.4 is 9.47 Å². The second-order valence-electron chi connectivity index (χ2n) is 2.72. The number of hydrogen-bond donors (Lipinski definition) is 0. The lowest BCUT2D eigenvalue weighted by Crippen LogP contribution is -2.19. The van der Waals surface area contributed by atoms with Gasteiger partial charge in [-0.05, 0) is 6.07 Å². The Kier molecular flexibility index (Phi) is 3.97. The molecule has 0 aliphatic heterocycles. The molecule has 0 bridgehead atoms. The molecule has 3 nitrogen and oxygen atoms in total. The molecular weight excluding hydrogens is 273 g/mol. The van der Waals surface area contributed by atoms with Crippen molar-refractivity contribution in [2.24, 2.45) is 0 Å². The average molecular weight is 278 g/mol. The molecule has 0 N–H and O–H groups in total. The minimum atomic E-state index is -5.08. The summed E-state index contributed by atoms with van der Waals surface area (Å²) in [6.45, 7) is 0. The third-order valence-corrected chi connectivity index (χ3v) is 1.84. The molecule has 0 atom stereocenters. The van der Waals surface area contributed by atoms with Crippen LogP contribution in [-0.4, -0.2) is 18.5 Å². The number of methoxy groups -OCH3 is 1. The molecule has 1 aromatic heterocycles. The van der Waals surface area contributed by atoms with Crippen LogP contribution in [0.15, 0.2) is 6.07 Å². The Balaban J connectivity index is 3.24. The summed E-state index contributed by atoms with van der Waals surface area (Å²) in [6.07, 6.45) is -8.15. The van der Waals surface area contributed by atoms with E-state index in [0.29, 0.717) is 6.07 Å². The van der Waals surface area contributed by atoms with Crippen LogP contribution in [0, 0.1) is 0 Å². The normalized spacial score (nSPS) is 11.8. The number of pyridine rings is 1. The number of rotatable bonds is 3. The molecule has 17 heavy (non-hydrogen) atoms. The molecule has 0 aliphatic carbocycles. The van der Waals surface area contributed by atoms with Crippen molar-refractivity contribution in [2.45, 2.75) is 12.8 Å². The third-order valence-electron chi connectivity index (χ3n) is 1.56. The minimum absolute atomic E-state index is 0.447. The molecule has 0 saturated heterocycles. The van der Waals surface area contributed by atoms with Gasteiger partial charge in [-0.25, -0.2) is 13.8 Å². The Morgan fingerprint density at radius 3 is 2.35 bits per heavy atom. The van der Waals surface area contributed by atoms with Crippen molar-refractivity contribution in [1.82, 2.24) is 4.98 Å². The van der Waals surface area contributed by atoms with Crippen LogP contribution in [0.25, 0.3) is 0 Å². The van der Waals surface area contributed by atoms with Crippen molar-refractivity contribution in [3.8, 4) is 11.6 Å². The molecule has 0 amide bonds. The summed E-state index contributed by atoms with van der Waals surface area (Å²) in [4.78, 5) is 2.99. The van der Waals surface area contributed by atoms with Gasteiger partial charge in [0.2, 0.25) is 0 Å². The Morgan fingerprint density at radius 2 is 1.94 bits per heavy atom. The van der Waals surface area contributed by atoms with Crippen molar-refractivity contribution in [3.05, 3.63) is 16.8 Å². The van der Waals surface area contributed by atoms with Crippen LogP contribution in [0.3, 0.4) is 0 Å². The highest BCUT2D eigenvalue weighted by Gasteiger charge is 2.34. The van der Waals surface area contributed by atoms with Gasteiger partial charge in [0.05, 0.1) is 12.1 Å². The SMILES string of the molecule is COc1c(Cl)cc(C(F)F)nc1OC(F)(F)F. The molecule has 1 aromatic rings. The highest BCUT2D eigenvalue weighted by molar-refractivity contribution is 6.32. The van der Waals surface area contributed by atoms with Crippen LogP contribution >= 0.6 is 11.6 Å². The first-order valence-electron chi connectivity index (χ1n) is 4.03. The second kappa shape index (κ2) is 4.91. The third kappa shape index (κ3) is 3.58. The molecule has 0 aromatic carbocycles. The highest BCUT2D eigenvalue weighted by Crippen LogP contribution is 2.38. The summed E-state index contributed by atoms with van der Waals surface area (Å²) < 4.78 is 68.4. The van der Waals surface area contributed by atoms with Crippen molar-refractivity contribution in [3.63, 3.8) is 0 Å². The van der Waals surface area contributed by atoms with Crippen LogP contribution in [0.4, 0.5) is 22.0 Å². The van der Waals surface area contributed by atoms with E-state index < -0.39 is 35.1 Å². The van der Waals surface area contributed by atoms with Gasteiger partial charge >= 0.3 is 6.36 Å². The van der Waals surface area contributed by atoms with Gasteiger partial charge in [0.25, 0.3) is 12.3 Å². The molecule has 9 heteroatoms. The maximum absolute atomic E-state index is 12.3. The van der Waals surface area contributed by atoms with Crippen molar-refractivity contribution >= 4 is 11.6 Å². The summed E-state index contributed by atoms with van der Waals surface area (Å²) in [5, 5.41) is -0.447. The van der Waals surface area contributed by atoms with E-state index in [1.807, 2.05) is 0 Å². The predicted octanol–water partition coefficient (Wildman–Crippen LogP) is 3.58. The molecule has 0 unspecified atom stereocenters. The number of hydrogen-bond acceptors (Lipinski definition) is 3. The van der Waals surface area contributed by atoms with Gasteiger partial charge in [-0.3, -0.25) is 0 Å². The lowest BCUT2D eigenvalue weighted by molar-refractivity contribution is -0.276. The fourth-order valence-electron chi connectivity index (χ4n) is 0.973. The fraction of sp³-hybridized carbons (Fsp3) is 0.375. The van der Waals surface area contributed by atoms with Gasteiger partial charge in [-0.2, -0.15) is 0 Å². The summed E-state index contributed by atoms with van der Waals surface area (Å²) >= 11 is 5.46. The maximum Gasteiger partial charge on any atom is 0.574 e. The van der Waals surface area contributed by atoms with E-state index in [-0.39, 0.29) is 0 Å². The van der Waals surface area contributed by atoms with Crippen LogP contribution in [0.2, 0.25) is 5.02 Å². The van der Waals surface area contributed by atoms with E-state index in [0.717, 1.165) is 7.11 Å². The molecule has 1 rings (SSSR count). The molecule has 0 aliphatic rings. The fourth-order valence-corrected chi connectivity index (χ4v) is 1.24. The van der Waals surface area contributed by atoms with Crippen molar-refractivity contribution in [2.75, 3.05) is 7.11 Å². The Hall–Kier alpha value is -1.31. The monoisotopic (exact) mass is 277 g/mol. The first-order chi connectivity index (χ1) is 7.74. The smallest absolute Gasteiger partial charge is 0.490 e. The zero-order chi connectivity index (χ0) is 13.2. The van der Waals surface area contributed by atoms with Gasteiger partial charge in [-0.15, -0.1) is 13.2 Å². The van der Waals surface area contributed by atoms with Crippen LogP contribution in [-0.2, 0) is 0 Å². The molecule has 96 valence electrons. The quantitative estimate of drug-likeness (QED) is 0.791. The molecule has 0 radical (unpaired) electrons. The lowest BCUT2D eigenvalue weighted by Gasteiger charge is -2.13. The Labute approximate surface area is 97.1 Å². The number of ether oxygens (including phenoxy) is 2. The summed E-state index contributed by atoms with van der Waals surface area (Å²) in [5.41, 5.74) is -0.935. The standard InChI is InChI=1S/C8H5ClF5NO2/c1-16-5-3(9)2-4(6(10)11)15-7(5)17-8(12,13)14/h2,6H,1H3. The number of aromatic nitrogens is 1. The molecular formula is C8H5ClF5NO2. The van der Waals surface area contributed by atoms with Gasteiger partial charge < -0.3 is 9.47 Å². The van der Waals surface area contributed by atoms with E-state index in [9.17, 15) is 22.0 Å². The number of halogens is 6. The molecule has 1 heterocycles.